The van der Waals surface area contributed by atoms with Gasteiger partial charge in [-0.1, -0.05) is 19.1 Å². The largest absolute Gasteiger partial charge is 0.487 e. The number of carbonyl (C=O) groups is 1. The third kappa shape index (κ3) is 3.07. The zero-order valence-electron chi connectivity index (χ0n) is 12.2. The third-order valence-corrected chi connectivity index (χ3v) is 3.22. The molecular weight excluding hydrogens is 252 g/mol. The summed E-state index contributed by atoms with van der Waals surface area (Å²) < 4.78 is 7.74. The van der Waals surface area contributed by atoms with E-state index in [-0.39, 0.29) is 5.78 Å². The summed E-state index contributed by atoms with van der Waals surface area (Å²) in [5, 5.41) is 4.49. The van der Waals surface area contributed by atoms with Gasteiger partial charge in [-0.3, -0.25) is 9.48 Å². The second kappa shape index (κ2) is 6.37. The molecule has 0 saturated heterocycles. The van der Waals surface area contributed by atoms with E-state index >= 15 is 0 Å². The zero-order valence-corrected chi connectivity index (χ0v) is 12.2. The fraction of sp³-hybridized carbons (Fsp3) is 0.375. The zero-order chi connectivity index (χ0) is 14.5. The van der Waals surface area contributed by atoms with Crippen molar-refractivity contribution in [2.45, 2.75) is 40.3 Å². The summed E-state index contributed by atoms with van der Waals surface area (Å²) in [6, 6.07) is 9.38. The number of aryl methyl sites for hydroxylation is 2. The van der Waals surface area contributed by atoms with E-state index in [4.69, 9.17) is 4.74 Å². The molecule has 0 saturated carbocycles. The minimum Gasteiger partial charge on any atom is -0.487 e. The summed E-state index contributed by atoms with van der Waals surface area (Å²) >= 11 is 0. The maximum absolute atomic E-state index is 11.6. The fourth-order valence-electron chi connectivity index (χ4n) is 2.11. The second-order valence-corrected chi connectivity index (χ2v) is 4.64. The Morgan fingerprint density at radius 2 is 2.05 bits per heavy atom. The molecule has 0 N–H and O–H groups in total. The molecule has 0 aliphatic heterocycles. The Hall–Kier alpha value is -2.10. The molecule has 0 spiro atoms. The Kier molecular flexibility index (Phi) is 4.56. The summed E-state index contributed by atoms with van der Waals surface area (Å²) in [6.07, 6.45) is 0.907. The van der Waals surface area contributed by atoms with Crippen LogP contribution in [-0.4, -0.2) is 15.6 Å². The number of nitrogens with zero attached hydrogens (tertiary/aromatic N) is 2. The molecule has 1 aromatic heterocycles. The van der Waals surface area contributed by atoms with Crippen molar-refractivity contribution in [1.29, 1.82) is 0 Å². The van der Waals surface area contributed by atoms with E-state index in [0.29, 0.717) is 17.9 Å². The van der Waals surface area contributed by atoms with Crippen LogP contribution in [0.25, 0.3) is 0 Å². The standard InChI is InChI=1S/C16H20N2O2/c1-4-13-10-14(18(5-2)17-13)11-20-16-9-7-6-8-15(16)12(3)19/h6-10H,4-5,11H2,1-3H3. The van der Waals surface area contributed by atoms with Gasteiger partial charge in [0.05, 0.1) is 17.0 Å². The Morgan fingerprint density at radius 3 is 2.70 bits per heavy atom. The number of Topliss-reactive ketones (excluding diaryl/α,β-unsaturated/α-hetero) is 1. The van der Waals surface area contributed by atoms with Crippen molar-refractivity contribution in [2.75, 3.05) is 0 Å². The first-order valence-electron chi connectivity index (χ1n) is 6.94. The minimum atomic E-state index is 0.0128. The molecule has 0 bridgehead atoms. The van der Waals surface area contributed by atoms with Crippen molar-refractivity contribution in [3.8, 4) is 5.75 Å². The Bertz CT molecular complexity index is 602. The highest BCUT2D eigenvalue weighted by atomic mass is 16.5. The summed E-state index contributed by atoms with van der Waals surface area (Å²) in [5.74, 6) is 0.640. The number of ether oxygens (including phenoxy) is 1. The highest BCUT2D eigenvalue weighted by Gasteiger charge is 2.10. The number of aromatic nitrogens is 2. The Labute approximate surface area is 119 Å². The molecule has 0 fully saturated rings. The van der Waals surface area contributed by atoms with Gasteiger partial charge in [-0.25, -0.2) is 0 Å². The normalized spacial score (nSPS) is 10.6. The number of para-hydroxylation sites is 1. The molecule has 2 aromatic rings. The van der Waals surface area contributed by atoms with Gasteiger partial charge in [0, 0.05) is 6.54 Å². The summed E-state index contributed by atoms with van der Waals surface area (Å²) in [6.45, 7) is 6.92. The first-order valence-corrected chi connectivity index (χ1v) is 6.94. The van der Waals surface area contributed by atoms with E-state index in [2.05, 4.69) is 25.0 Å². The third-order valence-electron chi connectivity index (χ3n) is 3.22. The van der Waals surface area contributed by atoms with Gasteiger partial charge in [0.2, 0.25) is 0 Å². The molecular formula is C16H20N2O2. The maximum atomic E-state index is 11.6. The highest BCUT2D eigenvalue weighted by Crippen LogP contribution is 2.20. The molecule has 0 aliphatic rings. The molecule has 0 radical (unpaired) electrons. The topological polar surface area (TPSA) is 44.1 Å². The van der Waals surface area contributed by atoms with E-state index in [0.717, 1.165) is 24.4 Å². The van der Waals surface area contributed by atoms with Gasteiger partial charge in [-0.15, -0.1) is 0 Å². The summed E-state index contributed by atoms with van der Waals surface area (Å²) in [7, 11) is 0. The lowest BCUT2D eigenvalue weighted by Crippen LogP contribution is -2.07. The molecule has 0 aliphatic carbocycles. The van der Waals surface area contributed by atoms with Crippen LogP contribution >= 0.6 is 0 Å². The van der Waals surface area contributed by atoms with Gasteiger partial charge >= 0.3 is 0 Å². The average Bonchev–Trinajstić information content (AvgIpc) is 2.87. The maximum Gasteiger partial charge on any atom is 0.163 e. The van der Waals surface area contributed by atoms with Crippen LogP contribution in [0.15, 0.2) is 30.3 Å². The van der Waals surface area contributed by atoms with E-state index in [9.17, 15) is 4.79 Å². The van der Waals surface area contributed by atoms with Gasteiger partial charge < -0.3 is 4.74 Å². The SMILES string of the molecule is CCc1cc(COc2ccccc2C(C)=O)n(CC)n1. The predicted molar refractivity (Wildman–Crippen MR) is 78.1 cm³/mol. The number of carbonyl (C=O) groups excluding carboxylic acids is 1. The number of hydrogen-bond donors (Lipinski definition) is 0. The van der Waals surface area contributed by atoms with Crippen LogP contribution < -0.4 is 4.74 Å². The summed E-state index contributed by atoms with van der Waals surface area (Å²) in [4.78, 5) is 11.6. The van der Waals surface area contributed by atoms with Crippen LogP contribution in [0, 0.1) is 0 Å². The van der Waals surface area contributed by atoms with E-state index in [1.54, 1.807) is 13.0 Å². The van der Waals surface area contributed by atoms with Crippen LogP contribution in [0.2, 0.25) is 0 Å². The van der Waals surface area contributed by atoms with E-state index in [1.165, 1.54) is 0 Å². The first kappa shape index (κ1) is 14.3. The first-order chi connectivity index (χ1) is 9.65. The van der Waals surface area contributed by atoms with Gasteiger partial charge in [0.15, 0.2) is 5.78 Å². The van der Waals surface area contributed by atoms with Crippen molar-refractivity contribution < 1.29 is 9.53 Å². The van der Waals surface area contributed by atoms with Crippen LogP contribution in [0.3, 0.4) is 0 Å². The van der Waals surface area contributed by atoms with Crippen LogP contribution in [0.5, 0.6) is 5.75 Å². The highest BCUT2D eigenvalue weighted by molar-refractivity contribution is 5.96. The second-order valence-electron chi connectivity index (χ2n) is 4.64. The van der Waals surface area contributed by atoms with Crippen molar-refractivity contribution in [3.63, 3.8) is 0 Å². The fourth-order valence-corrected chi connectivity index (χ4v) is 2.11. The molecule has 0 amide bonds. The van der Waals surface area contributed by atoms with Gasteiger partial charge in [0.1, 0.15) is 12.4 Å². The van der Waals surface area contributed by atoms with Crippen LogP contribution in [0.4, 0.5) is 0 Å². The van der Waals surface area contributed by atoms with Crippen molar-refractivity contribution in [2.24, 2.45) is 0 Å². The molecule has 4 nitrogen and oxygen atoms in total. The molecule has 106 valence electrons. The van der Waals surface area contributed by atoms with E-state index in [1.807, 2.05) is 22.9 Å². The van der Waals surface area contributed by atoms with Gasteiger partial charge in [0.25, 0.3) is 0 Å². The number of benzene rings is 1. The van der Waals surface area contributed by atoms with Crippen LogP contribution in [-0.2, 0) is 19.6 Å². The van der Waals surface area contributed by atoms with Crippen molar-refractivity contribution in [1.82, 2.24) is 9.78 Å². The Morgan fingerprint density at radius 1 is 1.30 bits per heavy atom. The molecule has 1 aromatic carbocycles. The molecule has 20 heavy (non-hydrogen) atoms. The van der Waals surface area contributed by atoms with Gasteiger partial charge in [-0.2, -0.15) is 5.10 Å². The summed E-state index contributed by atoms with van der Waals surface area (Å²) in [5.41, 5.74) is 2.71. The Balaban J connectivity index is 2.16. The molecule has 0 atom stereocenters. The minimum absolute atomic E-state index is 0.0128. The number of rotatable bonds is 6. The van der Waals surface area contributed by atoms with Crippen molar-refractivity contribution in [3.05, 3.63) is 47.3 Å². The smallest absolute Gasteiger partial charge is 0.163 e. The molecule has 1 heterocycles. The predicted octanol–water partition coefficient (Wildman–Crippen LogP) is 3.25. The average molecular weight is 272 g/mol. The van der Waals surface area contributed by atoms with Crippen LogP contribution in [0.1, 0.15) is 42.5 Å². The lowest BCUT2D eigenvalue weighted by molar-refractivity contribution is 0.101. The van der Waals surface area contributed by atoms with Gasteiger partial charge in [-0.05, 0) is 38.5 Å². The molecule has 4 heteroatoms. The quantitative estimate of drug-likeness (QED) is 0.758. The lowest BCUT2D eigenvalue weighted by Gasteiger charge is -2.10. The van der Waals surface area contributed by atoms with Crippen molar-refractivity contribution >= 4 is 5.78 Å². The monoisotopic (exact) mass is 272 g/mol. The molecule has 0 unspecified atom stereocenters. The van der Waals surface area contributed by atoms with E-state index < -0.39 is 0 Å². The number of hydrogen-bond acceptors (Lipinski definition) is 3. The molecule has 2 rings (SSSR count). The lowest BCUT2D eigenvalue weighted by atomic mass is 10.1. The number of ketones is 1.